The van der Waals surface area contributed by atoms with Crippen molar-refractivity contribution in [2.75, 3.05) is 0 Å². The number of thiophene rings is 1. The summed E-state index contributed by atoms with van der Waals surface area (Å²) in [6.45, 7) is 3.98. The van der Waals surface area contributed by atoms with Crippen molar-refractivity contribution in [2.45, 2.75) is 31.6 Å². The van der Waals surface area contributed by atoms with Crippen molar-refractivity contribution >= 4 is 27.3 Å². The lowest BCUT2D eigenvalue weighted by atomic mass is 10.1. The Kier molecular flexibility index (Phi) is 5.19. The van der Waals surface area contributed by atoms with Gasteiger partial charge in [0, 0.05) is 16.2 Å². The van der Waals surface area contributed by atoms with Gasteiger partial charge < -0.3 is 0 Å². The molecule has 1 amide bonds. The summed E-state index contributed by atoms with van der Waals surface area (Å²) in [7, 11) is -3.90. The molecule has 0 saturated carbocycles. The molecule has 0 saturated heterocycles. The van der Waals surface area contributed by atoms with Gasteiger partial charge in [-0.05, 0) is 56.2 Å². The van der Waals surface area contributed by atoms with E-state index >= 15 is 0 Å². The number of nitrogens with zero attached hydrogens (tertiary/aromatic N) is 1. The number of aryl methyl sites for hydroxylation is 3. The normalized spacial score (nSPS) is 11.0. The van der Waals surface area contributed by atoms with Crippen LogP contribution in [0, 0.1) is 25.2 Å². The van der Waals surface area contributed by atoms with Gasteiger partial charge in [0.1, 0.15) is 0 Å². The molecule has 0 aliphatic heterocycles. The van der Waals surface area contributed by atoms with Crippen LogP contribution < -0.4 is 4.72 Å². The van der Waals surface area contributed by atoms with Gasteiger partial charge in [0.25, 0.3) is 10.0 Å². The molecule has 0 atom stereocenters. The molecule has 2 aromatic rings. The van der Waals surface area contributed by atoms with Crippen molar-refractivity contribution in [3.8, 4) is 6.07 Å². The molecule has 2 rings (SSSR count). The van der Waals surface area contributed by atoms with Gasteiger partial charge in [-0.25, -0.2) is 13.1 Å². The van der Waals surface area contributed by atoms with Crippen LogP contribution in [0.5, 0.6) is 0 Å². The van der Waals surface area contributed by atoms with Crippen molar-refractivity contribution in [1.82, 2.24) is 4.72 Å². The molecule has 7 heteroatoms. The van der Waals surface area contributed by atoms with E-state index in [4.69, 9.17) is 5.26 Å². The van der Waals surface area contributed by atoms with Gasteiger partial charge in [-0.15, -0.1) is 11.3 Å². The number of hydrogen-bond acceptors (Lipinski definition) is 5. The summed E-state index contributed by atoms with van der Waals surface area (Å²) in [6, 6.07) is 9.34. The molecule has 0 unspecified atom stereocenters. The first-order chi connectivity index (χ1) is 10.8. The lowest BCUT2D eigenvalue weighted by Crippen LogP contribution is -2.30. The van der Waals surface area contributed by atoms with Gasteiger partial charge in [0.15, 0.2) is 0 Å². The Morgan fingerprint density at radius 3 is 2.43 bits per heavy atom. The Hall–Kier alpha value is -2.17. The van der Waals surface area contributed by atoms with Crippen LogP contribution in [0.4, 0.5) is 0 Å². The molecule has 0 aliphatic rings. The summed E-state index contributed by atoms with van der Waals surface area (Å²) in [6.07, 6.45) is 0.609. The molecule has 1 aromatic heterocycles. The van der Waals surface area contributed by atoms with Crippen LogP contribution in [-0.4, -0.2) is 14.3 Å². The van der Waals surface area contributed by atoms with Crippen molar-refractivity contribution in [3.05, 3.63) is 51.2 Å². The maximum absolute atomic E-state index is 12.1. The first kappa shape index (κ1) is 17.2. The van der Waals surface area contributed by atoms with Gasteiger partial charge in [0.05, 0.1) is 16.5 Å². The minimum Gasteiger partial charge on any atom is -0.274 e. The predicted octanol–water partition coefficient (Wildman–Crippen LogP) is 2.67. The Morgan fingerprint density at radius 1 is 1.26 bits per heavy atom. The minimum atomic E-state index is -3.90. The molecule has 5 nitrogen and oxygen atoms in total. The van der Waals surface area contributed by atoms with Crippen molar-refractivity contribution in [3.63, 3.8) is 0 Å². The summed E-state index contributed by atoms with van der Waals surface area (Å²) in [4.78, 5) is 14.2. The van der Waals surface area contributed by atoms with Crippen molar-refractivity contribution in [2.24, 2.45) is 0 Å². The smallest absolute Gasteiger partial charge is 0.264 e. The zero-order chi connectivity index (χ0) is 17.0. The maximum atomic E-state index is 12.1. The average Bonchev–Trinajstić information content (AvgIpc) is 2.82. The van der Waals surface area contributed by atoms with E-state index in [0.717, 1.165) is 10.4 Å². The third-order valence-corrected chi connectivity index (χ3v) is 5.70. The molecule has 0 radical (unpaired) electrons. The van der Waals surface area contributed by atoms with E-state index in [9.17, 15) is 13.2 Å². The van der Waals surface area contributed by atoms with E-state index in [1.807, 2.05) is 26.0 Å². The number of amides is 1. The number of benzene rings is 1. The average molecular weight is 348 g/mol. The quantitative estimate of drug-likeness (QED) is 0.900. The SMILES string of the molecule is Cc1cc(CCC(=O)NS(=O)(=O)c2ccc(C#N)cc2)c(C)s1. The molecular formula is C16H16N2O3S2. The third-order valence-electron chi connectivity index (χ3n) is 3.31. The number of sulfonamides is 1. The first-order valence-corrected chi connectivity index (χ1v) is 9.23. The molecular weight excluding hydrogens is 332 g/mol. The van der Waals surface area contributed by atoms with Crippen molar-refractivity contribution < 1.29 is 13.2 Å². The fraction of sp³-hybridized carbons (Fsp3) is 0.250. The maximum Gasteiger partial charge on any atom is 0.264 e. The highest BCUT2D eigenvalue weighted by Gasteiger charge is 2.17. The fourth-order valence-corrected chi connectivity index (χ4v) is 4.14. The zero-order valence-electron chi connectivity index (χ0n) is 12.8. The van der Waals surface area contributed by atoms with E-state index in [2.05, 4.69) is 4.72 Å². The van der Waals surface area contributed by atoms with Gasteiger partial charge in [-0.2, -0.15) is 5.26 Å². The number of rotatable bonds is 5. The van der Waals surface area contributed by atoms with Crippen LogP contribution in [0.1, 0.15) is 27.3 Å². The highest BCUT2D eigenvalue weighted by atomic mass is 32.2. The van der Waals surface area contributed by atoms with Crippen LogP contribution >= 0.6 is 11.3 Å². The van der Waals surface area contributed by atoms with Crippen LogP contribution in [0.15, 0.2) is 35.2 Å². The van der Waals surface area contributed by atoms with E-state index in [1.165, 1.54) is 29.1 Å². The third kappa shape index (κ3) is 4.41. The standard InChI is InChI=1S/C16H16N2O3S2/c1-11-9-14(12(2)22-11)5-8-16(19)18-23(20,21)15-6-3-13(10-17)4-7-15/h3-4,6-7,9H,5,8H2,1-2H3,(H,18,19). The van der Waals surface area contributed by atoms with Crippen LogP contribution in [0.3, 0.4) is 0 Å². The second-order valence-electron chi connectivity index (χ2n) is 5.10. The summed E-state index contributed by atoms with van der Waals surface area (Å²) >= 11 is 1.66. The van der Waals surface area contributed by atoms with Crippen LogP contribution in [-0.2, 0) is 21.2 Å². The summed E-state index contributed by atoms with van der Waals surface area (Å²) in [5.74, 6) is -0.544. The molecule has 120 valence electrons. The summed E-state index contributed by atoms with van der Waals surface area (Å²) in [5, 5.41) is 8.71. The van der Waals surface area contributed by atoms with Gasteiger partial charge in [-0.1, -0.05) is 0 Å². The summed E-state index contributed by atoms with van der Waals surface area (Å²) in [5.41, 5.74) is 1.43. The van der Waals surface area contributed by atoms with Gasteiger partial charge in [-0.3, -0.25) is 4.79 Å². The van der Waals surface area contributed by atoms with Gasteiger partial charge >= 0.3 is 0 Å². The Balaban J connectivity index is 2.00. The Labute approximate surface area is 139 Å². The van der Waals surface area contributed by atoms with E-state index in [-0.39, 0.29) is 11.3 Å². The second kappa shape index (κ2) is 6.94. The number of nitriles is 1. The zero-order valence-corrected chi connectivity index (χ0v) is 14.4. The van der Waals surface area contributed by atoms with E-state index in [1.54, 1.807) is 11.3 Å². The van der Waals surface area contributed by atoms with Crippen LogP contribution in [0.2, 0.25) is 0 Å². The van der Waals surface area contributed by atoms with Gasteiger partial charge in [0.2, 0.25) is 5.91 Å². The molecule has 0 spiro atoms. The fourth-order valence-electron chi connectivity index (χ4n) is 2.15. The lowest BCUT2D eigenvalue weighted by Gasteiger charge is -2.07. The topological polar surface area (TPSA) is 87.0 Å². The minimum absolute atomic E-state index is 0.0348. The van der Waals surface area contributed by atoms with Crippen LogP contribution in [0.25, 0.3) is 0 Å². The molecule has 1 N–H and O–H groups in total. The number of hydrogen-bond donors (Lipinski definition) is 1. The first-order valence-electron chi connectivity index (χ1n) is 6.93. The van der Waals surface area contributed by atoms with E-state index < -0.39 is 15.9 Å². The van der Waals surface area contributed by atoms with Crippen molar-refractivity contribution in [1.29, 1.82) is 5.26 Å². The molecule has 1 heterocycles. The Morgan fingerprint density at radius 2 is 1.91 bits per heavy atom. The largest absolute Gasteiger partial charge is 0.274 e. The molecule has 0 aliphatic carbocycles. The lowest BCUT2D eigenvalue weighted by molar-refractivity contribution is -0.119. The summed E-state index contributed by atoms with van der Waals surface area (Å²) < 4.78 is 26.3. The highest BCUT2D eigenvalue weighted by Crippen LogP contribution is 2.21. The number of carbonyl (C=O) groups excluding carboxylic acids is 1. The molecule has 23 heavy (non-hydrogen) atoms. The number of carbonyl (C=O) groups is 1. The molecule has 1 aromatic carbocycles. The Bertz CT molecular complexity index is 860. The second-order valence-corrected chi connectivity index (χ2v) is 8.25. The molecule has 0 bridgehead atoms. The van der Waals surface area contributed by atoms with E-state index in [0.29, 0.717) is 12.0 Å². The number of nitrogens with one attached hydrogen (secondary N) is 1. The molecule has 0 fully saturated rings. The highest BCUT2D eigenvalue weighted by molar-refractivity contribution is 7.90. The predicted molar refractivity (Wildman–Crippen MR) is 88.6 cm³/mol. The monoisotopic (exact) mass is 348 g/mol.